The third-order valence-corrected chi connectivity index (χ3v) is 3.49. The third-order valence-electron chi connectivity index (χ3n) is 2.52. The minimum absolute atomic E-state index is 0.349. The van der Waals surface area contributed by atoms with Crippen LogP contribution in [0.15, 0.2) is 24.3 Å². The normalized spacial score (nSPS) is 11.7. The lowest BCUT2D eigenvalue weighted by atomic mass is 10.1. The second-order valence-corrected chi connectivity index (χ2v) is 5.20. The molecule has 0 fully saturated rings. The molecule has 104 valence electrons. The highest BCUT2D eigenvalue weighted by molar-refractivity contribution is 7.98. The lowest BCUT2D eigenvalue weighted by Gasteiger charge is -2.16. The van der Waals surface area contributed by atoms with Gasteiger partial charge in [-0.3, -0.25) is 4.79 Å². The molecule has 0 saturated carbocycles. The summed E-state index contributed by atoms with van der Waals surface area (Å²) in [5, 5.41) is 3.00. The standard InChI is InChI=1S/C13H16ClNO3S/c1-18-13(17)11(7-8-19-2)15-12(16)9-5-3-4-6-10(9)14/h3-6,11H,7-8H2,1-2H3,(H,15,16)/t11-/m0/s1. The van der Waals surface area contributed by atoms with Crippen molar-refractivity contribution in [2.45, 2.75) is 12.5 Å². The molecule has 0 aliphatic heterocycles. The molecule has 4 nitrogen and oxygen atoms in total. The molecule has 1 amide bonds. The second kappa shape index (κ2) is 8.07. The Kier molecular flexibility index (Phi) is 6.73. The van der Waals surface area contributed by atoms with Crippen molar-refractivity contribution in [3.8, 4) is 0 Å². The summed E-state index contributed by atoms with van der Waals surface area (Å²) in [6.45, 7) is 0. The quantitative estimate of drug-likeness (QED) is 0.820. The predicted octanol–water partition coefficient (Wildman–Crippen LogP) is 2.36. The molecule has 0 unspecified atom stereocenters. The first kappa shape index (κ1) is 15.9. The molecular formula is C13H16ClNO3S. The van der Waals surface area contributed by atoms with Crippen LogP contribution in [-0.2, 0) is 9.53 Å². The van der Waals surface area contributed by atoms with Gasteiger partial charge >= 0.3 is 5.97 Å². The van der Waals surface area contributed by atoms with E-state index in [2.05, 4.69) is 10.1 Å². The van der Waals surface area contributed by atoms with Crippen molar-refractivity contribution in [1.29, 1.82) is 0 Å². The molecule has 1 atom stereocenters. The molecule has 0 radical (unpaired) electrons. The summed E-state index contributed by atoms with van der Waals surface area (Å²) >= 11 is 7.54. The lowest BCUT2D eigenvalue weighted by Crippen LogP contribution is -2.42. The van der Waals surface area contributed by atoms with E-state index in [9.17, 15) is 9.59 Å². The van der Waals surface area contributed by atoms with Crippen molar-refractivity contribution in [3.63, 3.8) is 0 Å². The molecule has 6 heteroatoms. The summed E-state index contributed by atoms with van der Waals surface area (Å²) in [5.41, 5.74) is 0.349. The number of ether oxygens (including phenoxy) is 1. The van der Waals surface area contributed by atoms with E-state index in [-0.39, 0.29) is 5.91 Å². The Morgan fingerprint density at radius 3 is 2.68 bits per heavy atom. The van der Waals surface area contributed by atoms with Crippen molar-refractivity contribution in [2.24, 2.45) is 0 Å². The van der Waals surface area contributed by atoms with Gasteiger partial charge in [0.25, 0.3) is 5.91 Å². The summed E-state index contributed by atoms with van der Waals surface area (Å²) in [6.07, 6.45) is 2.45. The van der Waals surface area contributed by atoms with Crippen LogP contribution in [0, 0.1) is 0 Å². The van der Waals surface area contributed by atoms with Gasteiger partial charge in [-0.1, -0.05) is 23.7 Å². The maximum Gasteiger partial charge on any atom is 0.328 e. The molecule has 19 heavy (non-hydrogen) atoms. The Hall–Kier alpha value is -1.20. The van der Waals surface area contributed by atoms with Crippen molar-refractivity contribution in [1.82, 2.24) is 5.32 Å². The number of halogens is 1. The number of esters is 1. The van der Waals surface area contributed by atoms with E-state index in [1.54, 1.807) is 36.0 Å². The average molecular weight is 302 g/mol. The van der Waals surface area contributed by atoms with Crippen molar-refractivity contribution >= 4 is 35.2 Å². The Morgan fingerprint density at radius 1 is 1.42 bits per heavy atom. The number of amides is 1. The zero-order chi connectivity index (χ0) is 14.3. The van der Waals surface area contributed by atoms with Crippen LogP contribution in [-0.4, -0.2) is 37.0 Å². The Bertz CT molecular complexity index is 453. The molecule has 1 N–H and O–H groups in total. The summed E-state index contributed by atoms with van der Waals surface area (Å²) in [6, 6.07) is 6.05. The summed E-state index contributed by atoms with van der Waals surface area (Å²) < 4.78 is 4.68. The number of thioether (sulfide) groups is 1. The zero-order valence-electron chi connectivity index (χ0n) is 10.8. The lowest BCUT2D eigenvalue weighted by molar-refractivity contribution is -0.142. The Balaban J connectivity index is 2.76. The van der Waals surface area contributed by atoms with Crippen LogP contribution in [0.1, 0.15) is 16.8 Å². The van der Waals surface area contributed by atoms with Crippen LogP contribution in [0.4, 0.5) is 0 Å². The molecular weight excluding hydrogens is 286 g/mol. The van der Waals surface area contributed by atoms with Crippen molar-refractivity contribution in [2.75, 3.05) is 19.1 Å². The van der Waals surface area contributed by atoms with Gasteiger partial charge in [0.2, 0.25) is 0 Å². The molecule has 1 rings (SSSR count). The van der Waals surface area contributed by atoms with Crippen LogP contribution >= 0.6 is 23.4 Å². The third kappa shape index (κ3) is 4.76. The van der Waals surface area contributed by atoms with E-state index >= 15 is 0 Å². The van der Waals surface area contributed by atoms with Crippen LogP contribution in [0.2, 0.25) is 5.02 Å². The van der Waals surface area contributed by atoms with E-state index < -0.39 is 12.0 Å². The summed E-state index contributed by atoms with van der Waals surface area (Å²) in [5.74, 6) is -0.0701. The number of hydrogen-bond donors (Lipinski definition) is 1. The minimum atomic E-state index is -0.652. The van der Waals surface area contributed by atoms with Gasteiger partial charge in [0.1, 0.15) is 6.04 Å². The first-order valence-corrected chi connectivity index (χ1v) is 7.49. The van der Waals surface area contributed by atoms with Crippen LogP contribution in [0.5, 0.6) is 0 Å². The van der Waals surface area contributed by atoms with E-state index in [0.29, 0.717) is 17.0 Å². The topological polar surface area (TPSA) is 55.4 Å². The van der Waals surface area contributed by atoms with Crippen LogP contribution < -0.4 is 5.32 Å². The molecule has 1 aromatic carbocycles. The summed E-state index contributed by atoms with van der Waals surface area (Å²) in [4.78, 5) is 23.6. The fourth-order valence-electron chi connectivity index (χ4n) is 1.51. The maximum atomic E-state index is 12.0. The number of methoxy groups -OCH3 is 1. The van der Waals surface area contributed by atoms with E-state index in [1.807, 2.05) is 6.26 Å². The number of nitrogens with one attached hydrogen (secondary N) is 1. The SMILES string of the molecule is COC(=O)[C@H](CCSC)NC(=O)c1ccccc1Cl. The van der Waals surface area contributed by atoms with Gasteiger partial charge in [0.05, 0.1) is 17.7 Å². The number of carbonyl (C=O) groups is 2. The monoisotopic (exact) mass is 301 g/mol. The first-order chi connectivity index (χ1) is 9.10. The molecule has 1 aromatic rings. The molecule has 0 aliphatic rings. The van der Waals surface area contributed by atoms with Gasteiger partial charge in [-0.25, -0.2) is 4.79 Å². The number of benzene rings is 1. The molecule has 0 aliphatic carbocycles. The van der Waals surface area contributed by atoms with Gasteiger partial charge in [-0.15, -0.1) is 0 Å². The Morgan fingerprint density at radius 2 is 2.11 bits per heavy atom. The number of carbonyl (C=O) groups excluding carboxylic acids is 2. The maximum absolute atomic E-state index is 12.0. The fraction of sp³-hybridized carbons (Fsp3) is 0.385. The first-order valence-electron chi connectivity index (χ1n) is 5.72. The second-order valence-electron chi connectivity index (χ2n) is 3.81. The van der Waals surface area contributed by atoms with Crippen molar-refractivity contribution < 1.29 is 14.3 Å². The van der Waals surface area contributed by atoms with Gasteiger partial charge in [0.15, 0.2) is 0 Å². The van der Waals surface area contributed by atoms with Crippen LogP contribution in [0.3, 0.4) is 0 Å². The van der Waals surface area contributed by atoms with Gasteiger partial charge < -0.3 is 10.1 Å². The smallest absolute Gasteiger partial charge is 0.328 e. The molecule has 0 bridgehead atoms. The van der Waals surface area contributed by atoms with Crippen LogP contribution in [0.25, 0.3) is 0 Å². The highest BCUT2D eigenvalue weighted by Gasteiger charge is 2.22. The number of hydrogen-bond acceptors (Lipinski definition) is 4. The molecule has 0 heterocycles. The average Bonchev–Trinajstić information content (AvgIpc) is 2.42. The predicted molar refractivity (Wildman–Crippen MR) is 77.7 cm³/mol. The van der Waals surface area contributed by atoms with E-state index in [1.165, 1.54) is 7.11 Å². The number of rotatable bonds is 6. The van der Waals surface area contributed by atoms with E-state index in [0.717, 1.165) is 5.75 Å². The minimum Gasteiger partial charge on any atom is -0.467 e. The zero-order valence-corrected chi connectivity index (χ0v) is 12.4. The highest BCUT2D eigenvalue weighted by Crippen LogP contribution is 2.15. The van der Waals surface area contributed by atoms with Gasteiger partial charge in [-0.05, 0) is 30.6 Å². The van der Waals surface area contributed by atoms with Crippen molar-refractivity contribution in [3.05, 3.63) is 34.9 Å². The highest BCUT2D eigenvalue weighted by atomic mass is 35.5. The Labute approximate surface area is 121 Å². The fourth-order valence-corrected chi connectivity index (χ4v) is 2.20. The van der Waals surface area contributed by atoms with Gasteiger partial charge in [0, 0.05) is 0 Å². The van der Waals surface area contributed by atoms with Gasteiger partial charge in [-0.2, -0.15) is 11.8 Å². The largest absolute Gasteiger partial charge is 0.467 e. The molecule has 0 spiro atoms. The molecule has 0 aromatic heterocycles. The molecule has 0 saturated heterocycles. The van der Waals surface area contributed by atoms with E-state index in [4.69, 9.17) is 11.6 Å². The summed E-state index contributed by atoms with van der Waals surface area (Å²) in [7, 11) is 1.30.